The summed E-state index contributed by atoms with van der Waals surface area (Å²) in [5.41, 5.74) is 2.23. The number of anilines is 2. The van der Waals surface area contributed by atoms with Crippen molar-refractivity contribution in [3.05, 3.63) is 59.5 Å². The second kappa shape index (κ2) is 11.4. The highest BCUT2D eigenvalue weighted by molar-refractivity contribution is 6.34. The number of hydrogen-bond donors (Lipinski definition) is 1. The van der Waals surface area contributed by atoms with E-state index in [9.17, 15) is 14.3 Å². The van der Waals surface area contributed by atoms with Gasteiger partial charge in [-0.3, -0.25) is 9.69 Å². The van der Waals surface area contributed by atoms with Crippen LogP contribution in [0.4, 0.5) is 15.9 Å². The van der Waals surface area contributed by atoms with Crippen molar-refractivity contribution in [1.29, 1.82) is 0 Å². The Balaban J connectivity index is 1.45. The summed E-state index contributed by atoms with van der Waals surface area (Å²) < 4.78 is 14.9. The summed E-state index contributed by atoms with van der Waals surface area (Å²) in [6.07, 6.45) is 3.46. The van der Waals surface area contributed by atoms with Crippen molar-refractivity contribution < 1.29 is 14.3 Å². The molecule has 5 rings (SSSR count). The van der Waals surface area contributed by atoms with Crippen LogP contribution in [-0.2, 0) is 4.79 Å². The Morgan fingerprint density at radius 3 is 2.48 bits per heavy atom. The van der Waals surface area contributed by atoms with Crippen LogP contribution in [0.15, 0.2) is 48.7 Å². The first-order valence-electron chi connectivity index (χ1n) is 13.4. The van der Waals surface area contributed by atoms with E-state index >= 15 is 0 Å². The lowest BCUT2D eigenvalue weighted by Crippen LogP contribution is -2.39. The first kappa shape index (κ1) is 27.8. The zero-order chi connectivity index (χ0) is 28.6. The Bertz CT molecular complexity index is 1480. The van der Waals surface area contributed by atoms with E-state index < -0.39 is 5.82 Å². The molecule has 3 aromatic rings. The molecule has 2 fully saturated rings. The third-order valence-electron chi connectivity index (χ3n) is 7.73. The summed E-state index contributed by atoms with van der Waals surface area (Å²) in [7, 11) is 3.51. The highest BCUT2D eigenvalue weighted by Gasteiger charge is 2.42. The molecule has 1 amide bonds. The topological polar surface area (TPSA) is 63.2 Å². The Kier molecular flexibility index (Phi) is 7.88. The number of phenols is 1. The van der Waals surface area contributed by atoms with Gasteiger partial charge in [0.25, 0.3) is 0 Å². The molecule has 7 nitrogen and oxygen atoms in total. The highest BCUT2D eigenvalue weighted by atomic mass is 35.5. The smallest absolute Gasteiger partial charge is 0.226 e. The molecule has 2 aliphatic rings. The molecule has 2 unspecified atom stereocenters. The lowest BCUT2D eigenvalue weighted by Gasteiger charge is -2.28. The second-order valence-corrected chi connectivity index (χ2v) is 11.3. The fourth-order valence-corrected chi connectivity index (χ4v) is 6.06. The quantitative estimate of drug-likeness (QED) is 0.251. The molecule has 3 heterocycles. The number of carbonyl (C=O) groups is 1. The second-order valence-electron chi connectivity index (χ2n) is 10.9. The van der Waals surface area contributed by atoms with Crippen molar-refractivity contribution in [2.75, 3.05) is 43.5 Å². The summed E-state index contributed by atoms with van der Waals surface area (Å²) in [4.78, 5) is 23.9. The van der Waals surface area contributed by atoms with Gasteiger partial charge < -0.3 is 14.9 Å². The zero-order valence-electron chi connectivity index (χ0n) is 23.1. The van der Waals surface area contributed by atoms with Crippen LogP contribution in [0.25, 0.3) is 22.3 Å². The van der Waals surface area contributed by atoms with Gasteiger partial charge in [0.05, 0.1) is 10.7 Å². The maximum Gasteiger partial charge on any atom is 0.226 e. The molecule has 9 heteroatoms. The minimum Gasteiger partial charge on any atom is -0.507 e. The molecule has 1 N–H and O–H groups in total. The number of hydrogen-bond acceptors (Lipinski definition) is 6. The molecule has 0 radical (unpaired) electrons. The SMILES string of the molecule is CC(C)N1CCC2CN(c3cc(-c4cc(F)cc(-c5ccc(N(C#CN(C)C)C=O)c(Cl)c5)c4O)ccn3)CC21. The van der Waals surface area contributed by atoms with Gasteiger partial charge in [0, 0.05) is 68.7 Å². The van der Waals surface area contributed by atoms with Crippen molar-refractivity contribution in [3.8, 4) is 40.1 Å². The third-order valence-corrected chi connectivity index (χ3v) is 8.03. The molecular weight excluding hydrogens is 529 g/mol. The minimum atomic E-state index is -0.490. The number of aromatic nitrogens is 1. The van der Waals surface area contributed by atoms with Crippen molar-refractivity contribution in [2.45, 2.75) is 32.4 Å². The van der Waals surface area contributed by atoms with Crippen molar-refractivity contribution >= 4 is 29.5 Å². The number of rotatable bonds is 6. The fraction of sp³-hybridized carbons (Fsp3) is 0.355. The summed E-state index contributed by atoms with van der Waals surface area (Å²) in [6.45, 7) is 7.46. The number of aromatic hydroxyl groups is 1. The first-order chi connectivity index (χ1) is 19.2. The van der Waals surface area contributed by atoms with E-state index in [0.29, 0.717) is 52.4 Å². The van der Waals surface area contributed by atoms with E-state index in [-0.39, 0.29) is 10.8 Å². The molecule has 1 aromatic heterocycles. The normalized spacial score (nSPS) is 18.4. The average Bonchev–Trinajstić information content (AvgIpc) is 3.52. The molecule has 2 saturated heterocycles. The van der Waals surface area contributed by atoms with E-state index in [0.717, 1.165) is 25.5 Å². The van der Waals surface area contributed by atoms with Gasteiger partial charge in [-0.2, -0.15) is 0 Å². The zero-order valence-corrected chi connectivity index (χ0v) is 23.9. The summed E-state index contributed by atoms with van der Waals surface area (Å²) in [5, 5.41) is 11.6. The lowest BCUT2D eigenvalue weighted by molar-refractivity contribution is -0.106. The van der Waals surface area contributed by atoms with Crippen LogP contribution in [0.5, 0.6) is 5.75 Å². The van der Waals surface area contributed by atoms with E-state index in [1.807, 2.05) is 6.07 Å². The maximum absolute atomic E-state index is 14.9. The predicted octanol–water partition coefficient (Wildman–Crippen LogP) is 5.28. The molecule has 0 spiro atoms. The van der Waals surface area contributed by atoms with Gasteiger partial charge in [-0.05, 0) is 80.3 Å². The molecule has 208 valence electrons. The maximum atomic E-state index is 14.9. The highest BCUT2D eigenvalue weighted by Crippen LogP contribution is 2.42. The van der Waals surface area contributed by atoms with Gasteiger partial charge in [0.1, 0.15) is 17.4 Å². The number of likely N-dealkylation sites (tertiary alicyclic amines) is 1. The van der Waals surface area contributed by atoms with Gasteiger partial charge in [0.2, 0.25) is 6.41 Å². The molecule has 2 aliphatic heterocycles. The van der Waals surface area contributed by atoms with Crippen LogP contribution in [0, 0.1) is 23.8 Å². The summed E-state index contributed by atoms with van der Waals surface area (Å²) in [5.74, 6) is 0.877. The fourth-order valence-electron chi connectivity index (χ4n) is 5.79. The Hall–Kier alpha value is -3.80. The number of benzene rings is 2. The van der Waals surface area contributed by atoms with Gasteiger partial charge in [-0.25, -0.2) is 14.3 Å². The third kappa shape index (κ3) is 5.45. The number of carbonyl (C=O) groups excluding carboxylic acids is 1. The van der Waals surface area contributed by atoms with Crippen molar-refractivity contribution in [1.82, 2.24) is 14.8 Å². The number of pyridine rings is 1. The summed E-state index contributed by atoms with van der Waals surface area (Å²) in [6, 6.07) is 17.7. The van der Waals surface area contributed by atoms with E-state index in [1.54, 1.807) is 49.5 Å². The van der Waals surface area contributed by atoms with Crippen LogP contribution >= 0.6 is 11.6 Å². The van der Waals surface area contributed by atoms with Crippen LogP contribution < -0.4 is 9.80 Å². The Morgan fingerprint density at radius 2 is 1.82 bits per heavy atom. The van der Waals surface area contributed by atoms with Gasteiger partial charge >= 0.3 is 0 Å². The Labute approximate surface area is 239 Å². The van der Waals surface area contributed by atoms with Crippen LogP contribution in [0.3, 0.4) is 0 Å². The molecule has 0 bridgehead atoms. The van der Waals surface area contributed by atoms with E-state index in [2.05, 4.69) is 40.7 Å². The molecular formula is C31H33ClFN5O2. The predicted molar refractivity (Wildman–Crippen MR) is 158 cm³/mol. The van der Waals surface area contributed by atoms with Crippen molar-refractivity contribution in [2.24, 2.45) is 5.92 Å². The average molecular weight is 562 g/mol. The number of amides is 1. The van der Waals surface area contributed by atoms with Crippen LogP contribution in [0.1, 0.15) is 20.3 Å². The van der Waals surface area contributed by atoms with Gasteiger partial charge in [0.15, 0.2) is 0 Å². The monoisotopic (exact) mass is 561 g/mol. The molecule has 40 heavy (non-hydrogen) atoms. The summed E-state index contributed by atoms with van der Waals surface area (Å²) >= 11 is 6.51. The van der Waals surface area contributed by atoms with Crippen LogP contribution in [0.2, 0.25) is 5.02 Å². The first-order valence-corrected chi connectivity index (χ1v) is 13.8. The largest absolute Gasteiger partial charge is 0.507 e. The molecule has 2 aromatic carbocycles. The number of phenolic OH excluding ortho intramolecular Hbond substituents is 1. The number of halogens is 2. The molecule has 0 aliphatic carbocycles. The molecule has 2 atom stereocenters. The lowest BCUT2D eigenvalue weighted by atomic mass is 9.97. The van der Waals surface area contributed by atoms with Gasteiger partial charge in [-0.15, -0.1) is 0 Å². The Morgan fingerprint density at radius 1 is 1.10 bits per heavy atom. The van der Waals surface area contributed by atoms with E-state index in [1.165, 1.54) is 23.5 Å². The van der Waals surface area contributed by atoms with Crippen molar-refractivity contribution in [3.63, 3.8) is 0 Å². The van der Waals surface area contributed by atoms with Gasteiger partial charge in [-0.1, -0.05) is 17.7 Å². The van der Waals surface area contributed by atoms with E-state index in [4.69, 9.17) is 11.6 Å². The standard InChI is InChI=1S/C31H33ClFN5O2/c1-20(2)38-10-8-23-17-37(18-29(23)38)30-14-22(7-9-34-30)26-16-24(33)15-25(31(26)40)21-5-6-28(27(32)13-21)36(19-39)12-11-35(3)4/h5-7,9,13-16,19-20,23,29,40H,8,10,17-18H2,1-4H3. The molecule has 0 saturated carbocycles. The number of nitrogens with zero attached hydrogens (tertiary/aromatic N) is 5. The number of fused-ring (bicyclic) bond motifs is 1. The van der Waals surface area contributed by atoms with Crippen LogP contribution in [-0.4, -0.2) is 72.1 Å². The minimum absolute atomic E-state index is 0.0636.